The molecule has 0 aromatic carbocycles. The van der Waals surface area contributed by atoms with Crippen molar-refractivity contribution in [3.63, 3.8) is 0 Å². The largest absolute Gasteiger partial charge is 0.375 e. The summed E-state index contributed by atoms with van der Waals surface area (Å²) in [6.07, 6.45) is 1.67. The molecular formula is C7H13N3O. The fourth-order valence-corrected chi connectivity index (χ4v) is 0.694. The summed E-state index contributed by atoms with van der Waals surface area (Å²) in [7, 11) is 0. The van der Waals surface area contributed by atoms with Gasteiger partial charge in [-0.3, -0.25) is 0 Å². The van der Waals surface area contributed by atoms with Crippen LogP contribution in [0.3, 0.4) is 0 Å². The Balaban J connectivity index is 2.14. The lowest BCUT2D eigenvalue weighted by atomic mass is 10.2. The zero-order valence-corrected chi connectivity index (χ0v) is 6.87. The van der Waals surface area contributed by atoms with Gasteiger partial charge in [-0.15, -0.1) is 0 Å². The third kappa shape index (κ3) is 3.13. The summed E-state index contributed by atoms with van der Waals surface area (Å²) >= 11 is 0. The number of H-pyrrole nitrogens is 1. The van der Waals surface area contributed by atoms with Gasteiger partial charge in [-0.2, -0.15) is 15.4 Å². The fraction of sp³-hybridized carbons (Fsp3) is 0.714. The lowest BCUT2D eigenvalue weighted by molar-refractivity contribution is 0.0947. The second-order valence-electron chi connectivity index (χ2n) is 2.87. The molecule has 0 aliphatic heterocycles. The highest BCUT2D eigenvalue weighted by Crippen LogP contribution is 1.97. The Morgan fingerprint density at radius 2 is 2.45 bits per heavy atom. The topological polar surface area (TPSA) is 50.8 Å². The first-order valence-electron chi connectivity index (χ1n) is 3.71. The number of hydrogen-bond donors (Lipinski definition) is 1. The molecule has 0 bridgehead atoms. The fourth-order valence-electron chi connectivity index (χ4n) is 0.694. The van der Waals surface area contributed by atoms with Gasteiger partial charge in [-0.1, -0.05) is 13.8 Å². The first-order chi connectivity index (χ1) is 5.29. The van der Waals surface area contributed by atoms with Crippen LogP contribution in [0.1, 0.15) is 19.5 Å². The van der Waals surface area contributed by atoms with Gasteiger partial charge in [0.15, 0.2) is 0 Å². The first-order valence-corrected chi connectivity index (χ1v) is 3.71. The monoisotopic (exact) mass is 155 g/mol. The van der Waals surface area contributed by atoms with Crippen LogP contribution < -0.4 is 0 Å². The minimum Gasteiger partial charge on any atom is -0.375 e. The maximum atomic E-state index is 5.32. The summed E-state index contributed by atoms with van der Waals surface area (Å²) in [6, 6.07) is 0. The van der Waals surface area contributed by atoms with Crippen molar-refractivity contribution in [3.05, 3.63) is 11.9 Å². The van der Waals surface area contributed by atoms with Gasteiger partial charge in [-0.05, 0) is 5.92 Å². The van der Waals surface area contributed by atoms with E-state index in [1.807, 2.05) is 0 Å². The summed E-state index contributed by atoms with van der Waals surface area (Å²) in [6.45, 7) is 5.55. The Hall–Kier alpha value is -0.900. The summed E-state index contributed by atoms with van der Waals surface area (Å²) < 4.78 is 5.32. The van der Waals surface area contributed by atoms with E-state index in [0.29, 0.717) is 12.5 Å². The molecule has 11 heavy (non-hydrogen) atoms. The minimum atomic E-state index is 0.550. The first kappa shape index (κ1) is 8.20. The second kappa shape index (κ2) is 4.08. The number of rotatable bonds is 4. The molecule has 0 spiro atoms. The van der Waals surface area contributed by atoms with E-state index < -0.39 is 0 Å². The molecule has 0 unspecified atom stereocenters. The molecule has 0 amide bonds. The van der Waals surface area contributed by atoms with E-state index >= 15 is 0 Å². The van der Waals surface area contributed by atoms with Crippen molar-refractivity contribution in [1.82, 2.24) is 15.4 Å². The van der Waals surface area contributed by atoms with Crippen molar-refractivity contribution in [3.8, 4) is 0 Å². The zero-order chi connectivity index (χ0) is 8.10. The third-order valence-electron chi connectivity index (χ3n) is 1.17. The predicted octanol–water partition coefficient (Wildman–Crippen LogP) is 0.977. The normalized spacial score (nSPS) is 10.8. The summed E-state index contributed by atoms with van der Waals surface area (Å²) in [5.41, 5.74) is 0.852. The SMILES string of the molecule is CC(C)COCc1cn[nH]n1. The lowest BCUT2D eigenvalue weighted by Crippen LogP contribution is -2.01. The van der Waals surface area contributed by atoms with E-state index in [0.717, 1.165) is 12.3 Å². The molecule has 0 atom stereocenters. The molecule has 1 N–H and O–H groups in total. The van der Waals surface area contributed by atoms with Crippen LogP contribution in [0.2, 0.25) is 0 Å². The molecule has 0 radical (unpaired) electrons. The van der Waals surface area contributed by atoms with E-state index in [2.05, 4.69) is 29.3 Å². The van der Waals surface area contributed by atoms with Gasteiger partial charge in [-0.25, -0.2) is 0 Å². The Morgan fingerprint density at radius 1 is 1.64 bits per heavy atom. The van der Waals surface area contributed by atoms with Gasteiger partial charge >= 0.3 is 0 Å². The number of hydrogen-bond acceptors (Lipinski definition) is 3. The van der Waals surface area contributed by atoms with Crippen molar-refractivity contribution < 1.29 is 4.74 Å². The minimum absolute atomic E-state index is 0.550. The molecule has 4 heteroatoms. The summed E-state index contributed by atoms with van der Waals surface area (Å²) in [5, 5.41) is 10.0. The van der Waals surface area contributed by atoms with Crippen LogP contribution in [0.5, 0.6) is 0 Å². The molecule has 0 aliphatic carbocycles. The van der Waals surface area contributed by atoms with Crippen molar-refractivity contribution in [1.29, 1.82) is 0 Å². The Kier molecular flexibility index (Phi) is 3.04. The number of nitrogens with one attached hydrogen (secondary N) is 1. The Labute approximate surface area is 66.0 Å². The average Bonchev–Trinajstić information content (AvgIpc) is 2.39. The van der Waals surface area contributed by atoms with Gasteiger partial charge in [0.1, 0.15) is 5.69 Å². The molecule has 62 valence electrons. The van der Waals surface area contributed by atoms with Crippen LogP contribution >= 0.6 is 0 Å². The zero-order valence-electron chi connectivity index (χ0n) is 6.87. The molecule has 1 heterocycles. The van der Waals surface area contributed by atoms with Gasteiger partial charge in [0.2, 0.25) is 0 Å². The molecule has 1 rings (SSSR count). The van der Waals surface area contributed by atoms with Crippen molar-refractivity contribution >= 4 is 0 Å². The van der Waals surface area contributed by atoms with E-state index in [4.69, 9.17) is 4.74 Å². The number of nitrogens with zero attached hydrogens (tertiary/aromatic N) is 2. The van der Waals surface area contributed by atoms with Gasteiger partial charge in [0.25, 0.3) is 0 Å². The van der Waals surface area contributed by atoms with E-state index in [1.165, 1.54) is 0 Å². The van der Waals surface area contributed by atoms with Crippen LogP contribution in [0.15, 0.2) is 6.20 Å². The highest BCUT2D eigenvalue weighted by molar-refractivity contribution is 4.86. The van der Waals surface area contributed by atoms with Gasteiger partial charge in [0.05, 0.1) is 12.8 Å². The maximum Gasteiger partial charge on any atom is 0.108 e. The Morgan fingerprint density at radius 3 is 3.00 bits per heavy atom. The van der Waals surface area contributed by atoms with E-state index in [1.54, 1.807) is 6.20 Å². The summed E-state index contributed by atoms with van der Waals surface area (Å²) in [5.74, 6) is 0.571. The molecule has 1 aromatic heterocycles. The van der Waals surface area contributed by atoms with Crippen LogP contribution in [-0.4, -0.2) is 22.0 Å². The van der Waals surface area contributed by atoms with Crippen molar-refractivity contribution in [2.24, 2.45) is 5.92 Å². The second-order valence-corrected chi connectivity index (χ2v) is 2.87. The molecule has 0 aliphatic rings. The molecule has 1 aromatic rings. The summed E-state index contributed by atoms with van der Waals surface area (Å²) in [4.78, 5) is 0. The van der Waals surface area contributed by atoms with E-state index in [9.17, 15) is 0 Å². The predicted molar refractivity (Wildman–Crippen MR) is 40.9 cm³/mol. The standard InChI is InChI=1S/C7H13N3O/c1-6(2)4-11-5-7-3-8-10-9-7/h3,6H,4-5H2,1-2H3,(H,8,9,10). The van der Waals surface area contributed by atoms with Crippen LogP contribution in [-0.2, 0) is 11.3 Å². The molecule has 0 saturated heterocycles. The van der Waals surface area contributed by atoms with Crippen LogP contribution in [0.25, 0.3) is 0 Å². The quantitative estimate of drug-likeness (QED) is 0.705. The highest BCUT2D eigenvalue weighted by Gasteiger charge is 1.96. The average molecular weight is 155 g/mol. The van der Waals surface area contributed by atoms with Gasteiger partial charge in [0, 0.05) is 6.61 Å². The maximum absolute atomic E-state index is 5.32. The lowest BCUT2D eigenvalue weighted by Gasteiger charge is -2.03. The van der Waals surface area contributed by atoms with Crippen molar-refractivity contribution in [2.75, 3.05) is 6.61 Å². The Bertz CT molecular complexity index is 184. The molecule has 0 saturated carbocycles. The number of aromatic nitrogens is 3. The number of ether oxygens (including phenoxy) is 1. The van der Waals surface area contributed by atoms with E-state index in [-0.39, 0.29) is 0 Å². The highest BCUT2D eigenvalue weighted by atomic mass is 16.5. The smallest absolute Gasteiger partial charge is 0.108 e. The molecule has 0 fully saturated rings. The van der Waals surface area contributed by atoms with Crippen LogP contribution in [0, 0.1) is 5.92 Å². The third-order valence-corrected chi connectivity index (χ3v) is 1.17. The molecular weight excluding hydrogens is 142 g/mol. The van der Waals surface area contributed by atoms with Crippen molar-refractivity contribution in [2.45, 2.75) is 20.5 Å². The van der Waals surface area contributed by atoms with Crippen LogP contribution in [0.4, 0.5) is 0 Å². The number of aromatic amines is 1. The molecule has 4 nitrogen and oxygen atoms in total. The van der Waals surface area contributed by atoms with Gasteiger partial charge < -0.3 is 4.74 Å².